The zero-order valence-corrected chi connectivity index (χ0v) is 16.1. The van der Waals surface area contributed by atoms with Gasteiger partial charge in [-0.25, -0.2) is 5.43 Å². The summed E-state index contributed by atoms with van der Waals surface area (Å²) in [4.78, 5) is 15.6. The Morgan fingerprint density at radius 2 is 1.67 bits per heavy atom. The molecule has 6 heteroatoms. The second-order valence-electron chi connectivity index (χ2n) is 6.59. The molecule has 0 fully saturated rings. The lowest BCUT2D eigenvalue weighted by molar-refractivity contribution is -0.121. The number of rotatable bonds is 11. The summed E-state index contributed by atoms with van der Waals surface area (Å²) in [7, 11) is 3.98. The third-order valence-electron chi connectivity index (χ3n) is 4.10. The lowest BCUT2D eigenvalue weighted by Gasteiger charge is -2.21. The Morgan fingerprint density at radius 1 is 1.00 bits per heavy atom. The summed E-state index contributed by atoms with van der Waals surface area (Å²) < 4.78 is 5.82. The van der Waals surface area contributed by atoms with Crippen LogP contribution in [0.2, 0.25) is 0 Å². The minimum atomic E-state index is -0.152. The van der Waals surface area contributed by atoms with Crippen molar-refractivity contribution in [1.82, 2.24) is 15.2 Å². The van der Waals surface area contributed by atoms with Crippen LogP contribution in [0, 0.1) is 0 Å². The molecule has 0 bridgehead atoms. The van der Waals surface area contributed by atoms with Crippen LogP contribution in [0.3, 0.4) is 0 Å². The Kier molecular flexibility index (Phi) is 8.48. The van der Waals surface area contributed by atoms with E-state index in [0.717, 1.165) is 30.9 Å². The van der Waals surface area contributed by atoms with Gasteiger partial charge < -0.3 is 9.64 Å². The number of benzene rings is 2. The predicted molar refractivity (Wildman–Crippen MR) is 109 cm³/mol. The molecule has 0 aliphatic rings. The van der Waals surface area contributed by atoms with Crippen molar-refractivity contribution >= 4 is 12.6 Å². The van der Waals surface area contributed by atoms with E-state index in [0.29, 0.717) is 13.2 Å². The third-order valence-corrected chi connectivity index (χ3v) is 4.10. The molecule has 6 nitrogen and oxygen atoms in total. The van der Waals surface area contributed by atoms with E-state index in [4.69, 9.17) is 4.74 Å². The highest BCUT2D eigenvalue weighted by molar-refractivity contribution is 5.77. The first-order valence-electron chi connectivity index (χ1n) is 8.94. The highest BCUT2D eigenvalue weighted by Gasteiger charge is 2.07. The fourth-order valence-corrected chi connectivity index (χ4v) is 2.61. The molecule has 1 N–H and O–H groups in total. The minimum absolute atomic E-state index is 0.152. The highest BCUT2D eigenvalue weighted by atomic mass is 16.5. The lowest BCUT2D eigenvalue weighted by atomic mass is 10.2. The molecule has 0 aliphatic heterocycles. The predicted octanol–water partition coefficient (Wildman–Crippen LogP) is 2.36. The number of hydrogen-bond acceptors (Lipinski definition) is 5. The Hall–Kier alpha value is -2.70. The molecule has 0 unspecified atom stereocenters. The lowest BCUT2D eigenvalue weighted by Crippen LogP contribution is -2.37. The van der Waals surface area contributed by atoms with Crippen LogP contribution in [-0.4, -0.2) is 56.2 Å². The molecule has 27 heavy (non-hydrogen) atoms. The van der Waals surface area contributed by atoms with Gasteiger partial charge in [-0.2, -0.15) is 5.10 Å². The number of ether oxygens (including phenoxy) is 1. The van der Waals surface area contributed by atoms with Crippen LogP contribution in [0.1, 0.15) is 11.1 Å². The number of hydrogen-bond donors (Lipinski definition) is 1. The molecule has 0 atom stereocenters. The van der Waals surface area contributed by atoms with Crippen molar-refractivity contribution in [2.75, 3.05) is 33.7 Å². The van der Waals surface area contributed by atoms with Crippen LogP contribution in [0.4, 0.5) is 0 Å². The molecule has 0 radical (unpaired) electrons. The molecule has 0 saturated carbocycles. The second-order valence-corrected chi connectivity index (χ2v) is 6.59. The molecular weight excluding hydrogens is 340 g/mol. The maximum atomic E-state index is 11.5. The van der Waals surface area contributed by atoms with E-state index in [9.17, 15) is 4.79 Å². The van der Waals surface area contributed by atoms with Crippen LogP contribution in [-0.2, 0) is 17.9 Å². The quantitative estimate of drug-likeness (QED) is 0.489. The third kappa shape index (κ3) is 8.02. The number of nitrogens with one attached hydrogen (secondary N) is 1. The van der Waals surface area contributed by atoms with Crippen LogP contribution < -0.4 is 10.2 Å². The molecule has 2 rings (SSSR count). The first-order chi connectivity index (χ1) is 13.1. The normalized spacial score (nSPS) is 10.8. The van der Waals surface area contributed by atoms with Gasteiger partial charge >= 0.3 is 0 Å². The Labute approximate surface area is 161 Å². The van der Waals surface area contributed by atoms with Crippen molar-refractivity contribution in [3.63, 3.8) is 0 Å². The van der Waals surface area contributed by atoms with E-state index < -0.39 is 0 Å². The van der Waals surface area contributed by atoms with Crippen LogP contribution in [0.15, 0.2) is 59.7 Å². The maximum absolute atomic E-state index is 11.5. The van der Waals surface area contributed by atoms with Crippen LogP contribution in [0.25, 0.3) is 0 Å². The van der Waals surface area contributed by atoms with Gasteiger partial charge in [0.15, 0.2) is 0 Å². The molecule has 2 aromatic carbocycles. The first kappa shape index (κ1) is 20.6. The fourth-order valence-electron chi connectivity index (χ4n) is 2.61. The molecule has 0 saturated heterocycles. The van der Waals surface area contributed by atoms with Crippen molar-refractivity contribution < 1.29 is 9.53 Å². The van der Waals surface area contributed by atoms with E-state index in [1.165, 1.54) is 5.56 Å². The fraction of sp³-hybridized carbons (Fsp3) is 0.333. The van der Waals surface area contributed by atoms with E-state index in [1.54, 1.807) is 0 Å². The van der Waals surface area contributed by atoms with E-state index in [1.807, 2.05) is 42.3 Å². The Balaban J connectivity index is 1.71. The molecule has 2 aromatic rings. The number of nitrogens with zero attached hydrogens (tertiary/aromatic N) is 3. The van der Waals surface area contributed by atoms with Gasteiger partial charge in [0.25, 0.3) is 5.91 Å². The Bertz CT molecular complexity index is 704. The zero-order valence-electron chi connectivity index (χ0n) is 16.1. The zero-order chi connectivity index (χ0) is 19.5. The molecule has 1 amide bonds. The summed E-state index contributed by atoms with van der Waals surface area (Å²) in [6.45, 7) is 6.61. The van der Waals surface area contributed by atoms with Crippen molar-refractivity contribution in [1.29, 1.82) is 0 Å². The molecule has 0 heterocycles. The maximum Gasteiger partial charge on any atom is 0.254 e. The van der Waals surface area contributed by atoms with Crippen LogP contribution in [0.5, 0.6) is 5.75 Å². The summed E-state index contributed by atoms with van der Waals surface area (Å²) in [5.74, 6) is 0.716. The average Bonchev–Trinajstić information content (AvgIpc) is 2.67. The largest absolute Gasteiger partial charge is 0.489 e. The first-order valence-corrected chi connectivity index (χ1v) is 8.94. The Morgan fingerprint density at radius 3 is 2.33 bits per heavy atom. The number of carbonyl (C=O) groups is 1. The highest BCUT2D eigenvalue weighted by Crippen LogP contribution is 2.15. The van der Waals surface area contributed by atoms with Gasteiger partial charge in [0.2, 0.25) is 0 Å². The summed E-state index contributed by atoms with van der Waals surface area (Å²) in [6.07, 6.45) is 0. The topological polar surface area (TPSA) is 57.2 Å². The van der Waals surface area contributed by atoms with Gasteiger partial charge in [-0.1, -0.05) is 42.5 Å². The van der Waals surface area contributed by atoms with Crippen molar-refractivity contribution in [3.05, 3.63) is 65.7 Å². The SMILES string of the molecule is C=NNC(=O)CN(C)CCN(C)Cc1ccc(OCc2ccccc2)cc1. The molecule has 0 aromatic heterocycles. The van der Waals surface area contributed by atoms with Gasteiger partial charge in [0.05, 0.1) is 6.54 Å². The molecular formula is C21H28N4O2. The van der Waals surface area contributed by atoms with Crippen molar-refractivity contribution in [2.24, 2.45) is 5.10 Å². The number of likely N-dealkylation sites (N-methyl/N-ethyl adjacent to an activating group) is 2. The summed E-state index contributed by atoms with van der Waals surface area (Å²) in [5.41, 5.74) is 4.72. The molecule has 144 valence electrons. The number of amides is 1. The monoisotopic (exact) mass is 368 g/mol. The van der Waals surface area contributed by atoms with Gasteiger partial charge in [-0.05, 0) is 37.4 Å². The van der Waals surface area contributed by atoms with E-state index in [2.05, 4.69) is 53.5 Å². The molecule has 0 spiro atoms. The van der Waals surface area contributed by atoms with Crippen molar-refractivity contribution in [2.45, 2.75) is 13.2 Å². The minimum Gasteiger partial charge on any atom is -0.489 e. The summed E-state index contributed by atoms with van der Waals surface area (Å²) in [6, 6.07) is 18.3. The van der Waals surface area contributed by atoms with Gasteiger partial charge in [-0.15, -0.1) is 0 Å². The average molecular weight is 368 g/mol. The second kappa shape index (κ2) is 11.1. The standard InChI is InChI=1S/C21H28N4O2/c1-22-23-21(26)16-25(3)14-13-24(2)15-18-9-11-20(12-10-18)27-17-19-7-5-4-6-8-19/h4-12H,1,13-17H2,2-3H3,(H,23,26). The van der Waals surface area contributed by atoms with Crippen LogP contribution >= 0.6 is 0 Å². The van der Waals surface area contributed by atoms with Crippen molar-refractivity contribution in [3.8, 4) is 5.75 Å². The number of carbonyl (C=O) groups excluding carboxylic acids is 1. The smallest absolute Gasteiger partial charge is 0.254 e. The van der Waals surface area contributed by atoms with Gasteiger partial charge in [0, 0.05) is 26.4 Å². The van der Waals surface area contributed by atoms with E-state index in [-0.39, 0.29) is 5.91 Å². The van der Waals surface area contributed by atoms with E-state index >= 15 is 0 Å². The summed E-state index contributed by atoms with van der Waals surface area (Å²) in [5, 5.41) is 3.38. The molecule has 0 aliphatic carbocycles. The van der Waals surface area contributed by atoms with Gasteiger partial charge in [-0.3, -0.25) is 9.69 Å². The summed E-state index contributed by atoms with van der Waals surface area (Å²) >= 11 is 0. The number of hydrazone groups is 1. The van der Waals surface area contributed by atoms with Gasteiger partial charge in [0.1, 0.15) is 12.4 Å².